The van der Waals surface area contributed by atoms with E-state index < -0.39 is 0 Å². The first kappa shape index (κ1) is 12.7. The number of halogens is 1. The predicted octanol–water partition coefficient (Wildman–Crippen LogP) is 2.08. The molecule has 68 valence electrons. The average molecular weight is 324 g/mol. The first-order valence-corrected chi connectivity index (χ1v) is 6.58. The quantitative estimate of drug-likeness (QED) is 0.616. The maximum Gasteiger partial charge on any atom is 0.119 e. The second-order valence-corrected chi connectivity index (χ2v) is 5.94. The Hall–Kier alpha value is 1.70. The van der Waals surface area contributed by atoms with Crippen molar-refractivity contribution < 1.29 is 0 Å². The van der Waals surface area contributed by atoms with Crippen molar-refractivity contribution in [1.29, 1.82) is 0 Å². The third-order valence-electron chi connectivity index (χ3n) is 1.20. The van der Waals surface area contributed by atoms with Gasteiger partial charge in [0.05, 0.1) is 0 Å². The molecule has 1 N–H and O–H groups in total. The van der Waals surface area contributed by atoms with Crippen molar-refractivity contribution in [2.75, 3.05) is 20.4 Å². The van der Waals surface area contributed by atoms with E-state index in [9.17, 15) is 0 Å². The Morgan fingerprint density at radius 1 is 1.36 bits per heavy atom. The second-order valence-electron chi connectivity index (χ2n) is 2.24. The molecule has 2 nitrogen and oxygen atoms in total. The predicted molar refractivity (Wildman–Crippen MR) is 68.5 cm³/mol. The van der Waals surface area contributed by atoms with Crippen LogP contribution in [0.15, 0.2) is 0 Å². The molecule has 0 aliphatic carbocycles. The van der Waals surface area contributed by atoms with Crippen LogP contribution in [0.1, 0.15) is 0 Å². The molecular formula is C5H13IN2S3. The van der Waals surface area contributed by atoms with E-state index >= 15 is 0 Å². The lowest BCUT2D eigenvalue weighted by Gasteiger charge is -2.17. The smallest absolute Gasteiger partial charge is 0.119 e. The topological polar surface area (TPSA) is 15.3 Å². The Bertz CT molecular complexity index is 114. The van der Waals surface area contributed by atoms with Crippen LogP contribution in [0, 0.1) is 0 Å². The number of hydrogen-bond donors (Lipinski definition) is 1. The van der Waals surface area contributed by atoms with E-state index in [1.165, 1.54) is 0 Å². The van der Waals surface area contributed by atoms with Gasteiger partial charge >= 0.3 is 0 Å². The summed E-state index contributed by atoms with van der Waals surface area (Å²) in [6.07, 6.45) is 2.13. The van der Waals surface area contributed by atoms with Crippen LogP contribution >= 0.6 is 57.3 Å². The molecule has 11 heavy (non-hydrogen) atoms. The van der Waals surface area contributed by atoms with Gasteiger partial charge < -0.3 is 0 Å². The lowest BCUT2D eigenvalue weighted by molar-refractivity contribution is 0.348. The van der Waals surface area contributed by atoms with Crippen LogP contribution < -0.4 is 5.32 Å². The zero-order valence-electron chi connectivity index (χ0n) is 6.73. The molecule has 1 saturated heterocycles. The largest absolute Gasteiger partial charge is 0.285 e. The van der Waals surface area contributed by atoms with E-state index in [-0.39, 0.29) is 24.0 Å². The Labute approximate surface area is 97.4 Å². The van der Waals surface area contributed by atoms with E-state index in [4.69, 9.17) is 0 Å². The molecule has 0 amide bonds. The van der Waals surface area contributed by atoms with Gasteiger partial charge in [-0.3, -0.25) is 10.2 Å². The average Bonchev–Trinajstić information content (AvgIpc) is 2.34. The molecule has 0 aromatic carbocycles. The van der Waals surface area contributed by atoms with Crippen molar-refractivity contribution >= 4 is 57.3 Å². The molecule has 2 atom stereocenters. The fraction of sp³-hybridized carbons (Fsp3) is 1.00. The molecule has 6 heteroatoms. The van der Waals surface area contributed by atoms with E-state index in [1.807, 2.05) is 33.3 Å². The van der Waals surface area contributed by atoms with Crippen LogP contribution in [0.25, 0.3) is 0 Å². The summed E-state index contributed by atoms with van der Waals surface area (Å²) in [6, 6.07) is 0. The van der Waals surface area contributed by atoms with E-state index in [0.29, 0.717) is 10.2 Å². The van der Waals surface area contributed by atoms with Crippen LogP contribution in [0.4, 0.5) is 0 Å². The highest BCUT2D eigenvalue weighted by Gasteiger charge is 2.25. The molecule has 0 saturated carbocycles. The van der Waals surface area contributed by atoms with Crippen molar-refractivity contribution in [2.45, 2.75) is 10.2 Å². The maximum atomic E-state index is 3.45. The highest BCUT2D eigenvalue weighted by atomic mass is 127. The minimum atomic E-state index is 0. The SMILES string of the molecule is CSC1NC(N(C)C)SS1.I. The van der Waals surface area contributed by atoms with Gasteiger partial charge in [-0.1, -0.05) is 21.6 Å². The van der Waals surface area contributed by atoms with Crippen LogP contribution in [0.3, 0.4) is 0 Å². The third-order valence-corrected chi connectivity index (χ3v) is 5.61. The van der Waals surface area contributed by atoms with Crippen molar-refractivity contribution in [1.82, 2.24) is 10.2 Å². The maximum absolute atomic E-state index is 3.45. The highest BCUT2D eigenvalue weighted by Crippen LogP contribution is 2.40. The molecule has 0 aromatic rings. The van der Waals surface area contributed by atoms with Gasteiger partial charge in [0.25, 0.3) is 0 Å². The van der Waals surface area contributed by atoms with Crippen molar-refractivity contribution in [2.24, 2.45) is 0 Å². The van der Waals surface area contributed by atoms with Gasteiger partial charge in [0.2, 0.25) is 0 Å². The molecule has 2 unspecified atom stereocenters. The summed E-state index contributed by atoms with van der Waals surface area (Å²) >= 11 is 1.86. The molecule has 1 aliphatic heterocycles. The third kappa shape index (κ3) is 3.95. The van der Waals surface area contributed by atoms with Crippen molar-refractivity contribution in [3.8, 4) is 0 Å². The van der Waals surface area contributed by atoms with Gasteiger partial charge in [-0.25, -0.2) is 0 Å². The van der Waals surface area contributed by atoms with E-state index in [1.54, 1.807) is 0 Å². The minimum absolute atomic E-state index is 0. The van der Waals surface area contributed by atoms with Crippen LogP contribution in [-0.2, 0) is 0 Å². The van der Waals surface area contributed by atoms with Crippen LogP contribution in [0.5, 0.6) is 0 Å². The van der Waals surface area contributed by atoms with Crippen molar-refractivity contribution in [3.63, 3.8) is 0 Å². The normalized spacial score (nSPS) is 30.5. The zero-order chi connectivity index (χ0) is 7.56. The first-order chi connectivity index (χ1) is 4.74. The van der Waals surface area contributed by atoms with Gasteiger partial charge in [-0.15, -0.1) is 35.7 Å². The summed E-state index contributed by atoms with van der Waals surface area (Å²) < 4.78 is 0.567. The molecule has 0 aromatic heterocycles. The summed E-state index contributed by atoms with van der Waals surface area (Å²) in [5.74, 6) is 0. The fourth-order valence-electron chi connectivity index (χ4n) is 0.618. The van der Waals surface area contributed by atoms with E-state index in [0.717, 1.165) is 0 Å². The Morgan fingerprint density at radius 3 is 2.27 bits per heavy atom. The molecule has 0 spiro atoms. The van der Waals surface area contributed by atoms with Crippen LogP contribution in [0.2, 0.25) is 0 Å². The molecule has 0 bridgehead atoms. The van der Waals surface area contributed by atoms with Gasteiger partial charge in [0, 0.05) is 0 Å². The summed E-state index contributed by atoms with van der Waals surface area (Å²) in [5.41, 5.74) is 0.488. The molecule has 1 fully saturated rings. The van der Waals surface area contributed by atoms with Crippen LogP contribution in [-0.4, -0.2) is 35.5 Å². The monoisotopic (exact) mass is 324 g/mol. The van der Waals surface area contributed by atoms with Gasteiger partial charge in [0.15, 0.2) is 0 Å². The number of thioether (sulfide) groups is 1. The summed E-state index contributed by atoms with van der Waals surface area (Å²) in [6.45, 7) is 0. The van der Waals surface area contributed by atoms with Gasteiger partial charge in [-0.2, -0.15) is 0 Å². The van der Waals surface area contributed by atoms with E-state index in [2.05, 4.69) is 30.6 Å². The Morgan fingerprint density at radius 2 is 2.00 bits per heavy atom. The van der Waals surface area contributed by atoms with Gasteiger partial charge in [-0.05, 0) is 20.4 Å². The van der Waals surface area contributed by atoms with Gasteiger partial charge in [0.1, 0.15) is 10.2 Å². The summed E-state index contributed by atoms with van der Waals surface area (Å²) in [7, 11) is 7.98. The molecule has 1 aliphatic rings. The summed E-state index contributed by atoms with van der Waals surface area (Å²) in [5, 5.41) is 3.45. The molecular weight excluding hydrogens is 311 g/mol. The lowest BCUT2D eigenvalue weighted by atomic mass is 10.8. The second kappa shape index (κ2) is 6.20. The Kier molecular flexibility index (Phi) is 7.16. The fourth-order valence-corrected chi connectivity index (χ4v) is 4.71. The molecule has 0 radical (unpaired) electrons. The minimum Gasteiger partial charge on any atom is -0.285 e. The number of nitrogens with zero attached hydrogens (tertiary/aromatic N) is 1. The number of hydrogen-bond acceptors (Lipinski definition) is 5. The standard InChI is InChI=1S/C5H12N2S3.HI/c1-7(2)4-6-5(8-3)10-9-4;/h4-6H,1-3H3;1H. The molecule has 1 heterocycles. The molecule has 1 rings (SSSR count). The van der Waals surface area contributed by atoms with Crippen molar-refractivity contribution in [3.05, 3.63) is 0 Å². The first-order valence-electron chi connectivity index (χ1n) is 3.01. The Balaban J connectivity index is 0.000001000. The highest BCUT2D eigenvalue weighted by molar-refractivity contribution is 14.0. The summed E-state index contributed by atoms with van der Waals surface area (Å²) in [4.78, 5) is 2.19. The number of rotatable bonds is 2. The lowest BCUT2D eigenvalue weighted by Crippen LogP contribution is -2.36. The number of nitrogens with one attached hydrogen (secondary N) is 1. The zero-order valence-corrected chi connectivity index (χ0v) is 11.5.